The number of rotatable bonds is 1. The van der Waals surface area contributed by atoms with E-state index in [2.05, 4.69) is 16.9 Å². The smallest absolute Gasteiger partial charge is 0.119 e. The molecule has 3 aromatic rings. The van der Waals surface area contributed by atoms with Crippen LogP contribution in [0.1, 0.15) is 5.56 Å². The van der Waals surface area contributed by atoms with Gasteiger partial charge in [0.25, 0.3) is 0 Å². The second kappa shape index (κ2) is 3.39. The Morgan fingerprint density at radius 3 is 3.00 bits per heavy atom. The molecule has 2 heterocycles. The first-order valence-electron chi connectivity index (χ1n) is 5.02. The van der Waals surface area contributed by atoms with Crippen molar-refractivity contribution >= 4 is 22.5 Å². The summed E-state index contributed by atoms with van der Waals surface area (Å²) in [7, 11) is 0. The summed E-state index contributed by atoms with van der Waals surface area (Å²) in [6, 6.07) is 5.85. The monoisotopic (exact) mass is 231 g/mol. The first-order valence-corrected chi connectivity index (χ1v) is 5.39. The van der Waals surface area contributed by atoms with E-state index in [4.69, 9.17) is 11.6 Å². The fourth-order valence-corrected chi connectivity index (χ4v) is 2.11. The van der Waals surface area contributed by atoms with Gasteiger partial charge in [0.2, 0.25) is 0 Å². The van der Waals surface area contributed by atoms with E-state index in [0.29, 0.717) is 0 Å². The van der Waals surface area contributed by atoms with Gasteiger partial charge in [-0.05, 0) is 30.7 Å². The SMILES string of the molecule is Cc1c(-n2ccnc2)[nH]c2ccc(Cl)cc12. The summed E-state index contributed by atoms with van der Waals surface area (Å²) in [6.45, 7) is 2.07. The van der Waals surface area contributed by atoms with Gasteiger partial charge in [0.15, 0.2) is 0 Å². The minimum atomic E-state index is 0.756. The molecule has 0 saturated carbocycles. The number of imidazole rings is 1. The summed E-state index contributed by atoms with van der Waals surface area (Å²) >= 11 is 5.99. The molecule has 3 rings (SSSR count). The molecular weight excluding hydrogens is 222 g/mol. The number of hydrogen-bond donors (Lipinski definition) is 1. The maximum atomic E-state index is 5.99. The maximum Gasteiger partial charge on any atom is 0.119 e. The highest BCUT2D eigenvalue weighted by Crippen LogP contribution is 2.26. The van der Waals surface area contributed by atoms with Crippen molar-refractivity contribution in [2.24, 2.45) is 0 Å². The molecule has 4 heteroatoms. The summed E-state index contributed by atoms with van der Waals surface area (Å²) in [5, 5.41) is 1.91. The molecule has 1 N–H and O–H groups in total. The fraction of sp³-hybridized carbons (Fsp3) is 0.0833. The standard InChI is InChI=1S/C12H10ClN3/c1-8-10-6-9(13)2-3-11(10)15-12(8)16-5-4-14-7-16/h2-7,15H,1H3. The van der Waals surface area contributed by atoms with Crippen molar-refractivity contribution in [2.75, 3.05) is 0 Å². The molecule has 0 bridgehead atoms. The zero-order valence-electron chi connectivity index (χ0n) is 8.74. The molecule has 0 aliphatic carbocycles. The van der Waals surface area contributed by atoms with Gasteiger partial charge in [-0.3, -0.25) is 4.57 Å². The number of fused-ring (bicyclic) bond motifs is 1. The lowest BCUT2D eigenvalue weighted by molar-refractivity contribution is 1.00. The number of halogens is 1. The fourth-order valence-electron chi connectivity index (χ4n) is 1.93. The lowest BCUT2D eigenvalue weighted by Gasteiger charge is -1.98. The van der Waals surface area contributed by atoms with Gasteiger partial charge < -0.3 is 4.98 Å². The van der Waals surface area contributed by atoms with Crippen molar-refractivity contribution in [3.8, 4) is 5.82 Å². The van der Waals surface area contributed by atoms with E-state index in [1.165, 1.54) is 5.56 Å². The van der Waals surface area contributed by atoms with Crippen molar-refractivity contribution in [2.45, 2.75) is 6.92 Å². The van der Waals surface area contributed by atoms with Crippen LogP contribution in [0.25, 0.3) is 16.7 Å². The van der Waals surface area contributed by atoms with E-state index in [9.17, 15) is 0 Å². The predicted molar refractivity (Wildman–Crippen MR) is 65.2 cm³/mol. The Kier molecular flexibility index (Phi) is 2.01. The van der Waals surface area contributed by atoms with Crippen molar-refractivity contribution in [3.63, 3.8) is 0 Å². The zero-order valence-corrected chi connectivity index (χ0v) is 9.49. The maximum absolute atomic E-state index is 5.99. The van der Waals surface area contributed by atoms with E-state index in [-0.39, 0.29) is 0 Å². The van der Waals surface area contributed by atoms with Crippen LogP contribution in [0.4, 0.5) is 0 Å². The molecule has 16 heavy (non-hydrogen) atoms. The number of aromatic amines is 1. The Labute approximate surface area is 97.7 Å². The average Bonchev–Trinajstić information content (AvgIpc) is 2.87. The third-order valence-electron chi connectivity index (χ3n) is 2.76. The highest BCUT2D eigenvalue weighted by atomic mass is 35.5. The zero-order chi connectivity index (χ0) is 11.1. The normalized spacial score (nSPS) is 11.1. The van der Waals surface area contributed by atoms with Crippen LogP contribution in [-0.2, 0) is 0 Å². The predicted octanol–water partition coefficient (Wildman–Crippen LogP) is 3.32. The molecule has 2 aromatic heterocycles. The van der Waals surface area contributed by atoms with Crippen LogP contribution in [0.3, 0.4) is 0 Å². The van der Waals surface area contributed by atoms with Crippen LogP contribution in [0.2, 0.25) is 5.02 Å². The third-order valence-corrected chi connectivity index (χ3v) is 2.99. The Balaban J connectivity index is 2.32. The summed E-state index contributed by atoms with van der Waals surface area (Å²) in [6.07, 6.45) is 5.45. The van der Waals surface area contributed by atoms with E-state index in [1.807, 2.05) is 29.0 Å². The topological polar surface area (TPSA) is 33.6 Å². The molecule has 1 aromatic carbocycles. The van der Waals surface area contributed by atoms with Crippen LogP contribution < -0.4 is 0 Å². The summed E-state index contributed by atoms with van der Waals surface area (Å²) < 4.78 is 1.96. The highest BCUT2D eigenvalue weighted by Gasteiger charge is 2.08. The molecular formula is C12H10ClN3. The molecule has 80 valence electrons. The van der Waals surface area contributed by atoms with Crippen LogP contribution >= 0.6 is 11.6 Å². The number of H-pyrrole nitrogens is 1. The first kappa shape index (κ1) is 9.48. The van der Waals surface area contributed by atoms with Gasteiger partial charge in [-0.1, -0.05) is 11.6 Å². The van der Waals surface area contributed by atoms with Crippen LogP contribution in [0.15, 0.2) is 36.9 Å². The van der Waals surface area contributed by atoms with Crippen molar-refractivity contribution in [3.05, 3.63) is 47.5 Å². The van der Waals surface area contributed by atoms with Gasteiger partial charge in [-0.2, -0.15) is 0 Å². The van der Waals surface area contributed by atoms with Crippen LogP contribution in [0, 0.1) is 6.92 Å². The summed E-state index contributed by atoms with van der Waals surface area (Å²) in [5.41, 5.74) is 2.26. The molecule has 0 radical (unpaired) electrons. The lowest BCUT2D eigenvalue weighted by Crippen LogP contribution is -1.91. The van der Waals surface area contributed by atoms with Gasteiger partial charge in [0.05, 0.1) is 0 Å². The molecule has 0 unspecified atom stereocenters. The van der Waals surface area contributed by atoms with Gasteiger partial charge in [0, 0.05) is 28.3 Å². The van der Waals surface area contributed by atoms with Gasteiger partial charge >= 0.3 is 0 Å². The highest BCUT2D eigenvalue weighted by molar-refractivity contribution is 6.31. The average molecular weight is 232 g/mol. The second-order valence-corrected chi connectivity index (χ2v) is 4.19. The Morgan fingerprint density at radius 1 is 1.38 bits per heavy atom. The number of aromatic nitrogens is 3. The van der Waals surface area contributed by atoms with Crippen LogP contribution in [-0.4, -0.2) is 14.5 Å². The number of benzene rings is 1. The molecule has 0 aliphatic heterocycles. The van der Waals surface area contributed by atoms with Crippen molar-refractivity contribution < 1.29 is 0 Å². The van der Waals surface area contributed by atoms with Gasteiger partial charge in [0.1, 0.15) is 12.1 Å². The molecule has 3 nitrogen and oxygen atoms in total. The van der Waals surface area contributed by atoms with Crippen LogP contribution in [0.5, 0.6) is 0 Å². The largest absolute Gasteiger partial charge is 0.341 e. The Hall–Kier alpha value is -1.74. The van der Waals surface area contributed by atoms with E-state index < -0.39 is 0 Å². The third kappa shape index (κ3) is 1.32. The molecule has 0 fully saturated rings. The molecule has 0 aliphatic rings. The summed E-state index contributed by atoms with van der Waals surface area (Å²) in [4.78, 5) is 7.40. The Bertz CT molecular complexity index is 638. The van der Waals surface area contributed by atoms with Gasteiger partial charge in [-0.15, -0.1) is 0 Å². The van der Waals surface area contributed by atoms with Gasteiger partial charge in [-0.25, -0.2) is 4.98 Å². The summed E-state index contributed by atoms with van der Waals surface area (Å²) in [5.74, 6) is 1.04. The number of hydrogen-bond acceptors (Lipinski definition) is 1. The molecule has 0 atom stereocenters. The van der Waals surface area contributed by atoms with E-state index >= 15 is 0 Å². The van der Waals surface area contributed by atoms with E-state index in [1.54, 1.807) is 12.5 Å². The number of aryl methyl sites for hydroxylation is 1. The number of nitrogens with zero attached hydrogens (tertiary/aromatic N) is 2. The number of nitrogens with one attached hydrogen (secondary N) is 1. The molecule has 0 spiro atoms. The molecule has 0 amide bonds. The van der Waals surface area contributed by atoms with Crippen molar-refractivity contribution in [1.82, 2.24) is 14.5 Å². The quantitative estimate of drug-likeness (QED) is 0.685. The Morgan fingerprint density at radius 2 is 2.25 bits per heavy atom. The lowest BCUT2D eigenvalue weighted by atomic mass is 10.2. The van der Waals surface area contributed by atoms with E-state index in [0.717, 1.165) is 21.7 Å². The minimum absolute atomic E-state index is 0.756. The second-order valence-electron chi connectivity index (χ2n) is 3.76. The van der Waals surface area contributed by atoms with Crippen molar-refractivity contribution in [1.29, 1.82) is 0 Å². The first-order chi connectivity index (χ1) is 7.75. The molecule has 0 saturated heterocycles. The minimum Gasteiger partial charge on any atom is -0.341 e.